The molecular weight excluding hydrogens is 408 g/mol. The van der Waals surface area contributed by atoms with Gasteiger partial charge in [-0.15, -0.1) is 0 Å². The molecule has 156 valence electrons. The number of furan rings is 1. The van der Waals surface area contributed by atoms with Crippen LogP contribution in [0.25, 0.3) is 0 Å². The lowest BCUT2D eigenvalue weighted by Crippen LogP contribution is -2.18. The zero-order valence-corrected chi connectivity index (χ0v) is 16.8. The zero-order chi connectivity index (χ0) is 21.6. The Morgan fingerprint density at radius 1 is 1.10 bits per heavy atom. The molecule has 0 radical (unpaired) electrons. The molecule has 1 aromatic heterocycles. The highest BCUT2D eigenvalue weighted by Crippen LogP contribution is 2.19. The number of amides is 1. The molecule has 0 aliphatic rings. The molecule has 0 aliphatic carbocycles. The summed E-state index contributed by atoms with van der Waals surface area (Å²) in [6, 6.07) is 15.2. The van der Waals surface area contributed by atoms with E-state index in [9.17, 15) is 13.2 Å². The van der Waals surface area contributed by atoms with Crippen LogP contribution in [0.1, 0.15) is 23.0 Å². The Balaban J connectivity index is 1.61. The second kappa shape index (κ2) is 9.14. The summed E-state index contributed by atoms with van der Waals surface area (Å²) < 4.78 is 37.9. The lowest BCUT2D eigenvalue weighted by atomic mass is 10.2. The summed E-state index contributed by atoms with van der Waals surface area (Å²) in [6.07, 6.45) is 1.31. The van der Waals surface area contributed by atoms with Crippen molar-refractivity contribution in [1.29, 1.82) is 0 Å². The molecule has 0 bridgehead atoms. The van der Waals surface area contributed by atoms with Crippen LogP contribution < -0.4 is 20.6 Å². The minimum Gasteiger partial charge on any atom is -0.494 e. The predicted molar refractivity (Wildman–Crippen MR) is 113 cm³/mol. The first-order chi connectivity index (χ1) is 14.4. The van der Waals surface area contributed by atoms with Gasteiger partial charge in [-0.3, -0.25) is 9.52 Å². The normalized spacial score (nSPS) is 11.4. The maximum Gasteiger partial charge on any atom is 0.271 e. The number of carbonyl (C=O) groups is 1. The number of carbonyl (C=O) groups excluding carboxylic acids is 1. The molecule has 0 atom stereocenters. The highest BCUT2D eigenvalue weighted by molar-refractivity contribution is 7.92. The highest BCUT2D eigenvalue weighted by Gasteiger charge is 2.14. The first kappa shape index (κ1) is 20.9. The fourth-order valence-electron chi connectivity index (χ4n) is 2.44. The number of nitrogens with two attached hydrogens (primary N) is 1. The number of anilines is 2. The third-order valence-electron chi connectivity index (χ3n) is 3.85. The van der Waals surface area contributed by atoms with E-state index in [1.54, 1.807) is 24.3 Å². The molecule has 0 spiro atoms. The Labute approximate surface area is 173 Å². The summed E-state index contributed by atoms with van der Waals surface area (Å²) in [4.78, 5) is 12.2. The van der Waals surface area contributed by atoms with Crippen LogP contribution in [0.4, 0.5) is 11.6 Å². The first-order valence-corrected chi connectivity index (χ1v) is 10.4. The second-order valence-electron chi connectivity index (χ2n) is 6.03. The maximum atomic E-state index is 12.5. The number of hydrogen-bond acceptors (Lipinski definition) is 7. The molecule has 10 heteroatoms. The number of hydrogen-bond donors (Lipinski definition) is 3. The van der Waals surface area contributed by atoms with Crippen molar-refractivity contribution >= 4 is 33.7 Å². The maximum absolute atomic E-state index is 12.5. The number of sulfonamides is 1. The van der Waals surface area contributed by atoms with Crippen molar-refractivity contribution in [2.45, 2.75) is 11.8 Å². The molecule has 0 saturated heterocycles. The lowest BCUT2D eigenvalue weighted by molar-refractivity contribution is 0.0955. The minimum atomic E-state index is -3.77. The van der Waals surface area contributed by atoms with E-state index >= 15 is 0 Å². The van der Waals surface area contributed by atoms with Gasteiger partial charge in [-0.1, -0.05) is 0 Å². The molecule has 3 rings (SSSR count). The summed E-state index contributed by atoms with van der Waals surface area (Å²) in [6.45, 7) is 2.34. The fraction of sp³-hybridized carbons (Fsp3) is 0.100. The SMILES string of the molecule is CCOc1ccc(S(=O)(=O)Nc2ccc(C(=O)N/N=C/c3ccc(N)o3)cc2)cc1. The summed E-state index contributed by atoms with van der Waals surface area (Å²) >= 11 is 0. The van der Waals surface area contributed by atoms with Crippen LogP contribution in [0, 0.1) is 0 Å². The standard InChI is InChI=1S/C20H20N4O5S/c1-2-28-16-7-10-18(11-8-16)30(26,27)24-15-5-3-14(4-6-15)20(25)23-22-13-17-9-12-19(21)29-17/h3-13,24H,2,21H2,1H3,(H,23,25)/b22-13+. The Bertz CT molecular complexity index is 1140. The van der Waals surface area contributed by atoms with Gasteiger partial charge in [0.1, 0.15) is 11.5 Å². The zero-order valence-electron chi connectivity index (χ0n) is 16.0. The van der Waals surface area contributed by atoms with E-state index in [2.05, 4.69) is 15.2 Å². The van der Waals surface area contributed by atoms with Crippen LogP contribution >= 0.6 is 0 Å². The fourth-order valence-corrected chi connectivity index (χ4v) is 3.50. The van der Waals surface area contributed by atoms with E-state index in [1.807, 2.05) is 6.92 Å². The largest absolute Gasteiger partial charge is 0.494 e. The molecule has 3 aromatic rings. The summed E-state index contributed by atoms with van der Waals surface area (Å²) in [7, 11) is -3.77. The molecule has 0 aliphatic heterocycles. The predicted octanol–water partition coefficient (Wildman–Crippen LogP) is 2.83. The number of ether oxygens (including phenoxy) is 1. The molecule has 0 unspecified atom stereocenters. The monoisotopic (exact) mass is 428 g/mol. The van der Waals surface area contributed by atoms with Crippen molar-refractivity contribution in [2.75, 3.05) is 17.1 Å². The number of nitrogens with one attached hydrogen (secondary N) is 2. The molecular formula is C20H20N4O5S. The Hall–Kier alpha value is -3.79. The van der Waals surface area contributed by atoms with Gasteiger partial charge in [-0.05, 0) is 61.5 Å². The van der Waals surface area contributed by atoms with Gasteiger partial charge in [0.25, 0.3) is 15.9 Å². The quantitative estimate of drug-likeness (QED) is 0.373. The van der Waals surface area contributed by atoms with E-state index in [1.165, 1.54) is 42.6 Å². The first-order valence-electron chi connectivity index (χ1n) is 8.92. The second-order valence-corrected chi connectivity index (χ2v) is 7.71. The van der Waals surface area contributed by atoms with Crippen LogP contribution in [0.5, 0.6) is 5.75 Å². The van der Waals surface area contributed by atoms with Gasteiger partial charge < -0.3 is 14.9 Å². The molecule has 0 saturated carbocycles. The number of rotatable bonds is 8. The smallest absolute Gasteiger partial charge is 0.271 e. The molecule has 1 heterocycles. The average molecular weight is 428 g/mol. The number of nitrogens with zero attached hydrogens (tertiary/aromatic N) is 1. The molecule has 0 fully saturated rings. The van der Waals surface area contributed by atoms with Crippen molar-refractivity contribution in [2.24, 2.45) is 5.10 Å². The van der Waals surface area contributed by atoms with E-state index in [4.69, 9.17) is 14.9 Å². The van der Waals surface area contributed by atoms with Gasteiger partial charge in [0.2, 0.25) is 0 Å². The van der Waals surface area contributed by atoms with Crippen LogP contribution in [-0.4, -0.2) is 27.1 Å². The van der Waals surface area contributed by atoms with Crippen molar-refractivity contribution in [1.82, 2.24) is 5.43 Å². The lowest BCUT2D eigenvalue weighted by Gasteiger charge is -2.09. The van der Waals surface area contributed by atoms with Crippen molar-refractivity contribution in [3.05, 3.63) is 72.0 Å². The average Bonchev–Trinajstić information content (AvgIpc) is 3.14. The number of hydrazone groups is 1. The van der Waals surface area contributed by atoms with Gasteiger partial charge >= 0.3 is 0 Å². The Morgan fingerprint density at radius 3 is 2.40 bits per heavy atom. The van der Waals surface area contributed by atoms with Crippen LogP contribution in [-0.2, 0) is 10.0 Å². The van der Waals surface area contributed by atoms with Crippen LogP contribution in [0.3, 0.4) is 0 Å². The van der Waals surface area contributed by atoms with E-state index in [-0.39, 0.29) is 10.8 Å². The van der Waals surface area contributed by atoms with Gasteiger partial charge in [-0.25, -0.2) is 13.8 Å². The van der Waals surface area contributed by atoms with Crippen LogP contribution in [0.15, 0.2) is 75.1 Å². The highest BCUT2D eigenvalue weighted by atomic mass is 32.2. The van der Waals surface area contributed by atoms with Crippen molar-refractivity contribution in [3.8, 4) is 5.75 Å². The van der Waals surface area contributed by atoms with Gasteiger partial charge in [0, 0.05) is 17.3 Å². The summed E-state index contributed by atoms with van der Waals surface area (Å²) in [5.41, 5.74) is 8.41. The third kappa shape index (κ3) is 5.39. The van der Waals surface area contributed by atoms with Gasteiger partial charge in [0.05, 0.1) is 17.7 Å². The van der Waals surface area contributed by atoms with E-state index in [0.717, 1.165) is 0 Å². The Kier molecular flexibility index (Phi) is 6.38. The van der Waals surface area contributed by atoms with Crippen LogP contribution in [0.2, 0.25) is 0 Å². The number of nitrogen functional groups attached to an aromatic ring is 1. The molecule has 30 heavy (non-hydrogen) atoms. The van der Waals surface area contributed by atoms with E-state index < -0.39 is 15.9 Å². The van der Waals surface area contributed by atoms with Crippen molar-refractivity contribution < 1.29 is 22.4 Å². The van der Waals surface area contributed by atoms with E-state index in [0.29, 0.717) is 29.4 Å². The van der Waals surface area contributed by atoms with Gasteiger partial charge in [-0.2, -0.15) is 5.10 Å². The topological polar surface area (TPSA) is 136 Å². The molecule has 2 aromatic carbocycles. The Morgan fingerprint density at radius 2 is 1.80 bits per heavy atom. The van der Waals surface area contributed by atoms with Crippen molar-refractivity contribution in [3.63, 3.8) is 0 Å². The molecule has 1 amide bonds. The summed E-state index contributed by atoms with van der Waals surface area (Å²) in [5.74, 6) is 0.759. The van der Waals surface area contributed by atoms with Gasteiger partial charge in [0.15, 0.2) is 5.88 Å². The number of benzene rings is 2. The molecule has 4 N–H and O–H groups in total. The third-order valence-corrected chi connectivity index (χ3v) is 5.25. The summed E-state index contributed by atoms with van der Waals surface area (Å²) in [5, 5.41) is 3.78. The minimum absolute atomic E-state index is 0.0978. The molecule has 9 nitrogen and oxygen atoms in total.